The quantitative estimate of drug-likeness (QED) is 0.828. The first-order valence-corrected chi connectivity index (χ1v) is 5.78. The van der Waals surface area contributed by atoms with E-state index in [1.807, 2.05) is 0 Å². The van der Waals surface area contributed by atoms with Crippen molar-refractivity contribution in [2.75, 3.05) is 6.54 Å². The lowest BCUT2D eigenvalue weighted by molar-refractivity contribution is 0.464. The van der Waals surface area contributed by atoms with Crippen LogP contribution in [0.4, 0.5) is 0 Å². The van der Waals surface area contributed by atoms with Crippen LogP contribution >= 0.6 is 0 Å². The molecule has 3 nitrogen and oxygen atoms in total. The third kappa shape index (κ3) is 2.23. The highest BCUT2D eigenvalue weighted by Crippen LogP contribution is 2.25. The molecule has 0 fully saturated rings. The molecule has 3 heteroatoms. The minimum atomic E-state index is 0.405. The highest BCUT2D eigenvalue weighted by molar-refractivity contribution is 5.28. The molecule has 2 unspecified atom stereocenters. The van der Waals surface area contributed by atoms with Crippen molar-refractivity contribution in [2.24, 2.45) is 5.73 Å². The van der Waals surface area contributed by atoms with E-state index in [0.29, 0.717) is 18.5 Å². The van der Waals surface area contributed by atoms with Crippen molar-refractivity contribution in [1.82, 2.24) is 9.78 Å². The van der Waals surface area contributed by atoms with Gasteiger partial charge in [-0.25, -0.2) is 0 Å². The van der Waals surface area contributed by atoms with E-state index in [4.69, 9.17) is 5.73 Å². The van der Waals surface area contributed by atoms with Crippen LogP contribution in [-0.4, -0.2) is 16.3 Å². The Hall–Kier alpha value is -0.830. The van der Waals surface area contributed by atoms with Crippen LogP contribution < -0.4 is 5.73 Å². The lowest BCUT2D eigenvalue weighted by Gasteiger charge is -2.13. The van der Waals surface area contributed by atoms with E-state index in [2.05, 4.69) is 44.4 Å². The van der Waals surface area contributed by atoms with Crippen molar-refractivity contribution in [3.8, 4) is 0 Å². The molecule has 0 aliphatic rings. The van der Waals surface area contributed by atoms with Crippen molar-refractivity contribution in [3.63, 3.8) is 0 Å². The molecule has 0 saturated carbocycles. The third-order valence-corrected chi connectivity index (χ3v) is 3.24. The van der Waals surface area contributed by atoms with Crippen LogP contribution in [0, 0.1) is 13.8 Å². The molecule has 0 bridgehead atoms. The van der Waals surface area contributed by atoms with Crippen LogP contribution in [0.25, 0.3) is 0 Å². The van der Waals surface area contributed by atoms with Crippen LogP contribution in [-0.2, 0) is 0 Å². The highest BCUT2D eigenvalue weighted by Gasteiger charge is 2.18. The van der Waals surface area contributed by atoms with Crippen LogP contribution in [0.15, 0.2) is 0 Å². The highest BCUT2D eigenvalue weighted by atomic mass is 15.3. The van der Waals surface area contributed by atoms with E-state index in [-0.39, 0.29) is 0 Å². The molecular formula is C12H23N3. The third-order valence-electron chi connectivity index (χ3n) is 3.24. The number of hydrogen-bond acceptors (Lipinski definition) is 2. The zero-order valence-corrected chi connectivity index (χ0v) is 10.5. The Morgan fingerprint density at radius 3 is 2.40 bits per heavy atom. The van der Waals surface area contributed by atoms with Crippen LogP contribution in [0.3, 0.4) is 0 Å². The fraction of sp³-hybridized carbons (Fsp3) is 0.750. The Morgan fingerprint density at radius 2 is 1.93 bits per heavy atom. The molecule has 1 aromatic heterocycles. The average Bonchev–Trinajstić information content (AvgIpc) is 2.52. The van der Waals surface area contributed by atoms with Gasteiger partial charge in [-0.3, -0.25) is 4.68 Å². The van der Waals surface area contributed by atoms with Gasteiger partial charge in [0.25, 0.3) is 0 Å². The normalized spacial score (nSPS) is 15.3. The second-order valence-electron chi connectivity index (χ2n) is 4.42. The van der Waals surface area contributed by atoms with E-state index in [0.717, 1.165) is 12.1 Å². The molecular weight excluding hydrogens is 186 g/mol. The maximum absolute atomic E-state index is 5.72. The predicted octanol–water partition coefficient (Wildman–Crippen LogP) is 2.53. The monoisotopic (exact) mass is 209 g/mol. The van der Waals surface area contributed by atoms with Gasteiger partial charge < -0.3 is 5.73 Å². The van der Waals surface area contributed by atoms with Crippen molar-refractivity contribution in [1.29, 1.82) is 0 Å². The smallest absolute Gasteiger partial charge is 0.0631 e. The molecule has 2 atom stereocenters. The average molecular weight is 209 g/mol. The maximum Gasteiger partial charge on any atom is 0.0631 e. The first-order valence-electron chi connectivity index (χ1n) is 5.78. The first-order chi connectivity index (χ1) is 7.02. The van der Waals surface area contributed by atoms with E-state index >= 15 is 0 Å². The van der Waals surface area contributed by atoms with Gasteiger partial charge in [-0.05, 0) is 45.2 Å². The van der Waals surface area contributed by atoms with E-state index in [1.54, 1.807) is 0 Å². The summed E-state index contributed by atoms with van der Waals surface area (Å²) in [7, 11) is 0. The summed E-state index contributed by atoms with van der Waals surface area (Å²) >= 11 is 0. The summed E-state index contributed by atoms with van der Waals surface area (Å²) < 4.78 is 2.14. The Labute approximate surface area is 92.7 Å². The Bertz CT molecular complexity index is 328. The zero-order chi connectivity index (χ0) is 11.6. The molecule has 2 N–H and O–H groups in total. The summed E-state index contributed by atoms with van der Waals surface area (Å²) in [5.74, 6) is 0.405. The topological polar surface area (TPSA) is 43.8 Å². The SMILES string of the molecule is CCC(C)n1nc(C)c(C(C)CN)c1C. The lowest BCUT2D eigenvalue weighted by Crippen LogP contribution is -2.12. The Morgan fingerprint density at radius 1 is 1.33 bits per heavy atom. The van der Waals surface area contributed by atoms with Crippen molar-refractivity contribution < 1.29 is 0 Å². The lowest BCUT2D eigenvalue weighted by atomic mass is 9.99. The summed E-state index contributed by atoms with van der Waals surface area (Å²) in [6.45, 7) is 11.5. The second-order valence-corrected chi connectivity index (χ2v) is 4.42. The predicted molar refractivity (Wildman–Crippen MR) is 64.2 cm³/mol. The summed E-state index contributed by atoms with van der Waals surface area (Å²) in [6, 6.07) is 0.474. The van der Waals surface area contributed by atoms with E-state index in [9.17, 15) is 0 Å². The summed E-state index contributed by atoms with van der Waals surface area (Å²) in [5, 5.41) is 4.61. The Balaban J connectivity index is 3.14. The number of nitrogens with zero attached hydrogens (tertiary/aromatic N) is 2. The van der Waals surface area contributed by atoms with Gasteiger partial charge in [0, 0.05) is 11.7 Å². The molecule has 0 radical (unpaired) electrons. The first kappa shape index (κ1) is 12.2. The molecule has 86 valence electrons. The molecule has 0 aliphatic heterocycles. The van der Waals surface area contributed by atoms with Crippen LogP contribution in [0.1, 0.15) is 56.1 Å². The molecule has 0 saturated heterocycles. The van der Waals surface area contributed by atoms with Gasteiger partial charge in [0.05, 0.1) is 5.69 Å². The zero-order valence-electron chi connectivity index (χ0n) is 10.5. The van der Waals surface area contributed by atoms with E-state index in [1.165, 1.54) is 11.3 Å². The fourth-order valence-corrected chi connectivity index (χ4v) is 2.11. The van der Waals surface area contributed by atoms with Gasteiger partial charge in [0.2, 0.25) is 0 Å². The molecule has 0 aromatic carbocycles. The van der Waals surface area contributed by atoms with Crippen molar-refractivity contribution in [2.45, 2.75) is 53.0 Å². The second kappa shape index (κ2) is 4.79. The van der Waals surface area contributed by atoms with Gasteiger partial charge in [0.15, 0.2) is 0 Å². The molecule has 0 aliphatic carbocycles. The van der Waals surface area contributed by atoms with E-state index < -0.39 is 0 Å². The summed E-state index contributed by atoms with van der Waals surface area (Å²) in [5.41, 5.74) is 9.46. The largest absolute Gasteiger partial charge is 0.330 e. The molecule has 1 rings (SSSR count). The number of rotatable bonds is 4. The van der Waals surface area contributed by atoms with Gasteiger partial charge >= 0.3 is 0 Å². The maximum atomic E-state index is 5.72. The van der Waals surface area contributed by atoms with Gasteiger partial charge in [-0.15, -0.1) is 0 Å². The standard InChI is InChI=1S/C12H23N3/c1-6-9(3)15-11(5)12(8(2)7-13)10(4)14-15/h8-9H,6-7,13H2,1-5H3. The van der Waals surface area contributed by atoms with Crippen molar-refractivity contribution >= 4 is 0 Å². The molecule has 0 amide bonds. The molecule has 0 spiro atoms. The molecule has 1 aromatic rings. The number of aryl methyl sites for hydroxylation is 1. The minimum Gasteiger partial charge on any atom is -0.330 e. The van der Waals surface area contributed by atoms with Crippen LogP contribution in [0.5, 0.6) is 0 Å². The van der Waals surface area contributed by atoms with Gasteiger partial charge in [0.1, 0.15) is 0 Å². The number of nitrogens with two attached hydrogens (primary N) is 1. The number of hydrogen-bond donors (Lipinski definition) is 1. The summed E-state index contributed by atoms with van der Waals surface area (Å²) in [6.07, 6.45) is 1.11. The van der Waals surface area contributed by atoms with Crippen LogP contribution in [0.2, 0.25) is 0 Å². The van der Waals surface area contributed by atoms with Gasteiger partial charge in [-0.2, -0.15) is 5.10 Å². The Kier molecular flexibility index (Phi) is 3.91. The number of aromatic nitrogens is 2. The molecule has 1 heterocycles. The van der Waals surface area contributed by atoms with Gasteiger partial charge in [-0.1, -0.05) is 13.8 Å². The van der Waals surface area contributed by atoms with Crippen molar-refractivity contribution in [3.05, 3.63) is 17.0 Å². The fourth-order valence-electron chi connectivity index (χ4n) is 2.11. The molecule has 15 heavy (non-hydrogen) atoms. The summed E-state index contributed by atoms with van der Waals surface area (Å²) in [4.78, 5) is 0. The minimum absolute atomic E-state index is 0.405.